The molecule has 0 bridgehead atoms. The molecule has 0 spiro atoms. The van der Waals surface area contributed by atoms with Gasteiger partial charge in [-0.2, -0.15) is 38.2 Å². The van der Waals surface area contributed by atoms with E-state index in [2.05, 4.69) is 472 Å². The van der Waals surface area contributed by atoms with Crippen LogP contribution in [0.15, 0.2) is 371 Å². The van der Waals surface area contributed by atoms with E-state index in [4.69, 9.17) is 24.9 Å². The predicted molar refractivity (Wildman–Crippen MR) is 601 cm³/mol. The first kappa shape index (κ1) is 99.4. The van der Waals surface area contributed by atoms with Gasteiger partial charge in [0.15, 0.2) is 0 Å². The average Bonchev–Trinajstić information content (AvgIpc) is 1.61. The fourth-order valence-corrected chi connectivity index (χ4v) is 21.4. The fourth-order valence-electron chi connectivity index (χ4n) is 21.4. The van der Waals surface area contributed by atoms with Gasteiger partial charge >= 0.3 is 0 Å². The number of imidazole rings is 3. The molecule has 0 amide bonds. The SMILES string of the molecule is CC(C)Cc1cccc(CC(C)C)c1-c1cnc2c3[c-]c(N(c4[c-]c(N5[CH-]N(C)c6cccnc65)ccc4)c4ccccc4)ccc3c3ccccc3n12.CC(C)c1cccc(C(C)C)c1-c1cnc2c3[c-]c(N(c4[c-]c(N5[CH-]N(C)c6cccnc65)ccc4)c4ccccc4)ccc3c3ccccc3n12.CN1[CH-]N(c2[c-]c(N(c3[c-]c4c(cc3)c3ccccc3n3ccnc43)c3ccccc3)ccc2)c2cccnc21.[Pt].[Pt].[Pt]. The Labute approximate surface area is 912 Å². The molecule has 12 heterocycles. The maximum absolute atomic E-state index is 5.24. The molecule has 3 aliphatic heterocycles. The number of para-hydroxylation sites is 6. The number of nitrogens with zero attached hydrogens (tertiary/aromatic N) is 18. The molecule has 0 atom stereocenters. The number of aromatic nitrogens is 9. The zero-order valence-electron chi connectivity index (χ0n) is 84.2. The minimum atomic E-state index is 0. The van der Waals surface area contributed by atoms with Crippen molar-refractivity contribution >= 4 is 185 Å². The van der Waals surface area contributed by atoms with Crippen LogP contribution in [0.25, 0.3) is 104 Å². The Morgan fingerprint density at radius 1 is 0.282 bits per heavy atom. The van der Waals surface area contributed by atoms with E-state index in [1.807, 2.05) is 94.0 Å². The van der Waals surface area contributed by atoms with Crippen molar-refractivity contribution in [1.29, 1.82) is 0 Å². The van der Waals surface area contributed by atoms with E-state index in [9.17, 15) is 0 Å². The molecule has 3 aliphatic rings. The van der Waals surface area contributed by atoms with Crippen LogP contribution in [0.2, 0.25) is 0 Å². The Kier molecular flexibility index (Phi) is 28.0. The van der Waals surface area contributed by atoms with Gasteiger partial charge in [-0.25, -0.2) is 15.0 Å². The topological polar surface area (TPSA) is 120 Å². The second kappa shape index (κ2) is 42.0. The van der Waals surface area contributed by atoms with Gasteiger partial charge in [0, 0.05) is 163 Å². The molecule has 0 aliphatic carbocycles. The summed E-state index contributed by atoms with van der Waals surface area (Å²) in [6.45, 7) is 24.5. The molecule has 0 radical (unpaired) electrons. The Bertz CT molecular complexity index is 8860. The van der Waals surface area contributed by atoms with Gasteiger partial charge < -0.3 is 57.3 Å². The number of hydrogen-bond donors (Lipinski definition) is 0. The van der Waals surface area contributed by atoms with Crippen LogP contribution in [0.5, 0.6) is 0 Å². The second-order valence-corrected chi connectivity index (χ2v) is 39.0. The number of hydrogen-bond acceptors (Lipinski definition) is 15. The predicted octanol–water partition coefficient (Wildman–Crippen LogP) is 31.4. The summed E-state index contributed by atoms with van der Waals surface area (Å²) in [6, 6.07) is 137. The smallest absolute Gasteiger partial charge is 0.124 e. The van der Waals surface area contributed by atoms with Gasteiger partial charge in [0.1, 0.15) is 17.5 Å². The van der Waals surface area contributed by atoms with Gasteiger partial charge in [0.2, 0.25) is 0 Å². The monoisotopic (exact) mass is 2480 g/mol. The van der Waals surface area contributed by atoms with Crippen molar-refractivity contribution in [3.05, 3.63) is 450 Å². The van der Waals surface area contributed by atoms with Gasteiger partial charge in [-0.1, -0.05) is 250 Å². The summed E-state index contributed by atoms with van der Waals surface area (Å²) in [7, 11) is 6.10. The van der Waals surface area contributed by atoms with Crippen LogP contribution >= 0.6 is 0 Å². The summed E-state index contributed by atoms with van der Waals surface area (Å²) in [4.78, 5) is 48.3. The molecule has 0 unspecified atom stereocenters. The average molecular weight is 2480 g/mol. The van der Waals surface area contributed by atoms with Crippen molar-refractivity contribution in [2.45, 2.75) is 80.1 Å². The minimum absolute atomic E-state index is 0. The quantitative estimate of drug-likeness (QED) is 0.0531. The largest absolute Gasteiger partial charge is 0.502 e. The fraction of sp³-hybridized carbons (Fsp3) is 0.133. The maximum Gasteiger partial charge on any atom is 0.124 e. The van der Waals surface area contributed by atoms with Crippen LogP contribution in [-0.2, 0) is 76.0 Å². The van der Waals surface area contributed by atoms with Crippen molar-refractivity contribution in [3.63, 3.8) is 0 Å². The molecule has 26 rings (SSSR count). The van der Waals surface area contributed by atoms with Gasteiger partial charge in [-0.3, -0.25) is 15.0 Å². The molecular formula is C128H105N18Pt3-9. The summed E-state index contributed by atoms with van der Waals surface area (Å²) in [5, 5.41) is 9.82. The van der Waals surface area contributed by atoms with E-state index in [0.717, 1.165) is 193 Å². The third-order valence-corrected chi connectivity index (χ3v) is 27.9. The molecular weight excluding hydrogens is 2370 g/mol. The van der Waals surface area contributed by atoms with Crippen LogP contribution in [0.3, 0.4) is 0 Å². The van der Waals surface area contributed by atoms with E-state index in [1.54, 1.807) is 0 Å². The number of rotatable bonds is 20. The van der Waals surface area contributed by atoms with E-state index in [0.29, 0.717) is 23.7 Å². The summed E-state index contributed by atoms with van der Waals surface area (Å²) >= 11 is 0. The van der Waals surface area contributed by atoms with Crippen molar-refractivity contribution < 1.29 is 63.2 Å². The second-order valence-electron chi connectivity index (χ2n) is 39.0. The third kappa shape index (κ3) is 18.2. The van der Waals surface area contributed by atoms with Crippen molar-refractivity contribution in [3.8, 4) is 22.5 Å². The Morgan fingerprint density at radius 2 is 0.638 bits per heavy atom. The molecule has 0 saturated heterocycles. The molecule has 0 saturated carbocycles. The van der Waals surface area contributed by atoms with Gasteiger partial charge in [0.05, 0.1) is 34.0 Å². The summed E-state index contributed by atoms with van der Waals surface area (Å²) in [5.74, 6) is 4.45. The molecule has 21 heteroatoms. The van der Waals surface area contributed by atoms with Gasteiger partial charge in [-0.05, 0) is 204 Å². The molecule has 18 nitrogen and oxygen atoms in total. The number of anilines is 18. The van der Waals surface area contributed by atoms with E-state index in [-0.39, 0.29) is 63.2 Å². The summed E-state index contributed by atoms with van der Waals surface area (Å²) in [5.41, 5.74) is 30.7. The standard InChI is InChI=1S/C48H43N6.C46H39N6.C34H23N6.3Pt/c1-32(2)26-34-14-11-15-35(27-33(3)4)46(34)45-30-50-47-42-29-39(23-24-40(42)41-20-9-10-21-43(41)54(45)47)53(36-16-7-6-8-17-36)38-19-12-18-37(28-38)52-31-51(5)44-22-13-25-49-48(44)52;1-30(2)36-19-12-20-37(31(3)4)44(36)43-28-48-45-40-27-35(23-24-38(40)39-18-9-10-21-41(39)52(43)45)51(32-14-7-6-8-15-32)34-17-11-16-33(26-34)50-29-49(5)42-22-13-25-47-46(42)50;1-37-23-39(32-15-8-18-35-34(32)37)25-11-7-12-26(21-25)40(24-9-3-2-4-10-24)27-16-17-28-29-13-5-6-14-31(29)38-20-19-36-33(38)30(28)22-27;;;/h6-25,30-33H,26-27H2,1-5H3;6-25,28-31H,1-5H3;2-20,23H,1H3;;;/q3*-3;;;. The van der Waals surface area contributed by atoms with Crippen molar-refractivity contribution in [1.82, 2.24) is 43.1 Å². The Morgan fingerprint density at radius 3 is 1.07 bits per heavy atom. The Balaban J connectivity index is 0.000000131. The van der Waals surface area contributed by atoms with Crippen molar-refractivity contribution in [2.75, 3.05) is 65.2 Å². The normalized spacial score (nSPS) is 12.6. The number of fused-ring (bicyclic) bond motifs is 21. The van der Waals surface area contributed by atoms with Crippen LogP contribution < -0.4 is 44.1 Å². The molecule has 746 valence electrons. The third-order valence-electron chi connectivity index (χ3n) is 27.9. The maximum atomic E-state index is 5.24. The van der Waals surface area contributed by atoms with Gasteiger partial charge in [-0.15, -0.1) is 126 Å². The number of pyridine rings is 6. The van der Waals surface area contributed by atoms with Crippen LogP contribution in [-0.4, -0.2) is 64.2 Å². The van der Waals surface area contributed by atoms with Crippen LogP contribution in [0.4, 0.5) is 103 Å². The van der Waals surface area contributed by atoms with Crippen LogP contribution in [0.1, 0.15) is 89.5 Å². The molecule has 0 fully saturated rings. The van der Waals surface area contributed by atoms with E-state index < -0.39 is 0 Å². The Hall–Kier alpha value is -15.6. The zero-order chi connectivity index (χ0) is 99.1. The first-order valence-electron chi connectivity index (χ1n) is 50.0. The molecule has 23 aromatic rings. The van der Waals surface area contributed by atoms with E-state index in [1.165, 1.54) is 49.5 Å². The number of benzene rings is 14. The summed E-state index contributed by atoms with van der Waals surface area (Å²) in [6.07, 6.45) is 15.5. The first-order chi connectivity index (χ1) is 71.5. The van der Waals surface area contributed by atoms with Crippen molar-refractivity contribution in [2.24, 2.45) is 11.8 Å². The van der Waals surface area contributed by atoms with Crippen LogP contribution in [0, 0.1) is 68.2 Å². The van der Waals surface area contributed by atoms with Gasteiger partial charge in [0.25, 0.3) is 0 Å². The summed E-state index contributed by atoms with van der Waals surface area (Å²) < 4.78 is 6.88. The minimum Gasteiger partial charge on any atom is -0.502 e. The first-order valence-corrected chi connectivity index (χ1v) is 50.0. The van der Waals surface area contributed by atoms with E-state index >= 15 is 0 Å². The molecule has 14 aromatic carbocycles. The molecule has 0 N–H and O–H groups in total. The molecule has 9 aromatic heterocycles. The molecule has 149 heavy (non-hydrogen) atoms. The zero-order valence-corrected chi connectivity index (χ0v) is 91.0.